The van der Waals surface area contributed by atoms with E-state index in [1.807, 2.05) is 0 Å². The highest BCUT2D eigenvalue weighted by Crippen LogP contribution is 2.27. The van der Waals surface area contributed by atoms with E-state index in [0.29, 0.717) is 11.6 Å². The molecule has 2 fully saturated rings. The molecule has 0 radical (unpaired) electrons. The number of imidazole rings is 1. The Morgan fingerprint density at radius 1 is 1.16 bits per heavy atom. The van der Waals surface area contributed by atoms with Crippen molar-refractivity contribution in [3.8, 4) is 0 Å². The largest absolute Gasteiger partial charge is 0.393 e. The van der Waals surface area contributed by atoms with Crippen molar-refractivity contribution in [1.82, 2.24) is 24.8 Å². The lowest BCUT2D eigenvalue weighted by molar-refractivity contribution is 0.0342. The smallest absolute Gasteiger partial charge is 0.231 e. The lowest BCUT2D eigenvalue weighted by Crippen LogP contribution is -2.35. The molecule has 170 valence electrons. The first-order valence-corrected chi connectivity index (χ1v) is 11.5. The third-order valence-corrected chi connectivity index (χ3v) is 6.37. The van der Waals surface area contributed by atoms with Crippen molar-refractivity contribution in [2.24, 2.45) is 0 Å². The molecule has 3 heterocycles. The van der Waals surface area contributed by atoms with E-state index in [0.717, 1.165) is 81.1 Å². The molecule has 0 atom stereocenters. The second kappa shape index (κ2) is 9.40. The number of anilines is 3. The number of nitrogens with zero attached hydrogens (tertiary/aromatic N) is 4. The highest BCUT2D eigenvalue weighted by Gasteiger charge is 2.21. The number of aliphatic hydroxyl groups excluding tert-OH is 1. The lowest BCUT2D eigenvalue weighted by Gasteiger charge is -2.27. The predicted octanol–water partition coefficient (Wildman–Crippen LogP) is 2.95. The topological polar surface area (TPSA) is 111 Å². The summed E-state index contributed by atoms with van der Waals surface area (Å²) in [4.78, 5) is 19.2. The van der Waals surface area contributed by atoms with Crippen LogP contribution in [0.5, 0.6) is 0 Å². The van der Waals surface area contributed by atoms with Crippen molar-refractivity contribution in [2.75, 3.05) is 36.9 Å². The summed E-state index contributed by atoms with van der Waals surface area (Å²) in [6.07, 6.45) is 4.94. The minimum Gasteiger partial charge on any atom is -0.393 e. The second-order valence-corrected chi connectivity index (χ2v) is 8.81. The zero-order chi connectivity index (χ0) is 21.9. The van der Waals surface area contributed by atoms with Crippen LogP contribution in [0.3, 0.4) is 0 Å². The quantitative estimate of drug-likeness (QED) is 0.466. The minimum absolute atomic E-state index is 0.183. The standard InChI is InChI=1S/C23H31N7O2/c1-15-12-16(13-30-8-10-32-11-9-30)2-7-19(15)27-23-28-21-20(24-14-25-21)22(29-23)26-17-3-5-18(31)6-4-17/h2,7,12,14,17-18,31H,3-6,8-11,13H2,1H3,(H3,24,25,26,27,28,29). The summed E-state index contributed by atoms with van der Waals surface area (Å²) >= 11 is 0. The minimum atomic E-state index is -0.183. The zero-order valence-corrected chi connectivity index (χ0v) is 18.5. The number of nitrogens with one attached hydrogen (secondary N) is 3. The second-order valence-electron chi connectivity index (χ2n) is 8.81. The summed E-state index contributed by atoms with van der Waals surface area (Å²) in [5.41, 5.74) is 4.86. The Balaban J connectivity index is 1.32. The van der Waals surface area contributed by atoms with Gasteiger partial charge in [0.1, 0.15) is 5.52 Å². The molecule has 0 spiro atoms. The summed E-state index contributed by atoms with van der Waals surface area (Å²) in [6, 6.07) is 6.76. The number of ether oxygens (including phenoxy) is 1. The van der Waals surface area contributed by atoms with Crippen LogP contribution in [0, 0.1) is 6.92 Å². The van der Waals surface area contributed by atoms with Gasteiger partial charge in [-0.25, -0.2) is 4.98 Å². The molecular weight excluding hydrogens is 406 g/mol. The Kier molecular flexibility index (Phi) is 6.20. The highest BCUT2D eigenvalue weighted by atomic mass is 16.5. The molecule has 0 unspecified atom stereocenters. The first-order valence-electron chi connectivity index (χ1n) is 11.5. The van der Waals surface area contributed by atoms with Gasteiger partial charge in [-0.1, -0.05) is 12.1 Å². The van der Waals surface area contributed by atoms with Gasteiger partial charge >= 0.3 is 0 Å². The van der Waals surface area contributed by atoms with Crippen LogP contribution in [-0.4, -0.2) is 68.4 Å². The first kappa shape index (κ1) is 21.1. The van der Waals surface area contributed by atoms with Crippen molar-refractivity contribution in [3.05, 3.63) is 35.7 Å². The summed E-state index contributed by atoms with van der Waals surface area (Å²) in [5.74, 6) is 1.27. The Bertz CT molecular complexity index is 1060. The van der Waals surface area contributed by atoms with Crippen LogP contribution in [-0.2, 0) is 11.3 Å². The van der Waals surface area contributed by atoms with Crippen LogP contribution >= 0.6 is 0 Å². The van der Waals surface area contributed by atoms with Gasteiger partial charge < -0.3 is 25.5 Å². The van der Waals surface area contributed by atoms with E-state index in [1.165, 1.54) is 5.56 Å². The molecule has 1 aromatic carbocycles. The number of benzene rings is 1. The molecule has 32 heavy (non-hydrogen) atoms. The first-order chi connectivity index (χ1) is 15.6. The maximum atomic E-state index is 9.79. The number of aliphatic hydroxyl groups is 1. The van der Waals surface area contributed by atoms with Crippen molar-refractivity contribution < 1.29 is 9.84 Å². The Labute approximate surface area is 187 Å². The summed E-state index contributed by atoms with van der Waals surface area (Å²) in [7, 11) is 0. The van der Waals surface area contributed by atoms with Gasteiger partial charge in [-0.2, -0.15) is 9.97 Å². The van der Waals surface area contributed by atoms with Crippen LogP contribution < -0.4 is 10.6 Å². The van der Waals surface area contributed by atoms with Crippen LogP contribution in [0.15, 0.2) is 24.5 Å². The average Bonchev–Trinajstić information content (AvgIpc) is 3.27. The maximum Gasteiger partial charge on any atom is 0.231 e. The van der Waals surface area contributed by atoms with Gasteiger partial charge in [0.2, 0.25) is 5.95 Å². The third-order valence-electron chi connectivity index (χ3n) is 6.37. The molecular formula is C23H31N7O2. The number of hydrogen-bond acceptors (Lipinski definition) is 8. The molecule has 4 N–H and O–H groups in total. The van der Waals surface area contributed by atoms with Gasteiger partial charge in [0.05, 0.1) is 25.6 Å². The molecule has 1 saturated carbocycles. The van der Waals surface area contributed by atoms with Crippen LogP contribution in [0.4, 0.5) is 17.5 Å². The van der Waals surface area contributed by atoms with Gasteiger partial charge in [-0.3, -0.25) is 4.90 Å². The molecule has 9 heteroatoms. The maximum absolute atomic E-state index is 9.79. The molecule has 1 saturated heterocycles. The van der Waals surface area contributed by atoms with E-state index in [1.54, 1.807) is 6.33 Å². The van der Waals surface area contributed by atoms with E-state index < -0.39 is 0 Å². The molecule has 3 aromatic rings. The zero-order valence-electron chi connectivity index (χ0n) is 18.5. The SMILES string of the molecule is Cc1cc(CN2CCOCC2)ccc1Nc1nc(NC2CCC(O)CC2)c2[nH]cnc2n1. The molecule has 2 aromatic heterocycles. The highest BCUT2D eigenvalue weighted by molar-refractivity contribution is 5.84. The van der Waals surface area contributed by atoms with E-state index in [4.69, 9.17) is 9.72 Å². The molecule has 0 bridgehead atoms. The number of morpholine rings is 1. The van der Waals surface area contributed by atoms with Gasteiger partial charge in [0.25, 0.3) is 0 Å². The fourth-order valence-electron chi connectivity index (χ4n) is 4.51. The van der Waals surface area contributed by atoms with E-state index in [9.17, 15) is 5.11 Å². The summed E-state index contributed by atoms with van der Waals surface area (Å²) < 4.78 is 5.44. The Morgan fingerprint density at radius 2 is 1.97 bits per heavy atom. The summed E-state index contributed by atoms with van der Waals surface area (Å²) in [5, 5.41) is 16.7. The van der Waals surface area contributed by atoms with E-state index >= 15 is 0 Å². The number of fused-ring (bicyclic) bond motifs is 1. The number of hydrogen-bond donors (Lipinski definition) is 4. The van der Waals surface area contributed by atoms with Crippen molar-refractivity contribution in [3.63, 3.8) is 0 Å². The van der Waals surface area contributed by atoms with Gasteiger partial charge in [0.15, 0.2) is 11.5 Å². The molecule has 0 amide bonds. The van der Waals surface area contributed by atoms with E-state index in [2.05, 4.69) is 55.6 Å². The van der Waals surface area contributed by atoms with E-state index in [-0.39, 0.29) is 12.1 Å². The number of rotatable bonds is 6. The lowest BCUT2D eigenvalue weighted by atomic mass is 9.93. The van der Waals surface area contributed by atoms with Crippen LogP contribution in [0.2, 0.25) is 0 Å². The number of aryl methyl sites for hydroxylation is 1. The molecule has 5 rings (SSSR count). The fourth-order valence-corrected chi connectivity index (χ4v) is 4.51. The van der Waals surface area contributed by atoms with Crippen LogP contribution in [0.25, 0.3) is 11.2 Å². The summed E-state index contributed by atoms with van der Waals surface area (Å²) in [6.45, 7) is 6.61. The van der Waals surface area contributed by atoms with Crippen molar-refractivity contribution >= 4 is 28.6 Å². The third kappa shape index (κ3) is 4.85. The van der Waals surface area contributed by atoms with Gasteiger partial charge in [0, 0.05) is 31.4 Å². The average molecular weight is 438 g/mol. The number of aromatic amines is 1. The normalized spacial score (nSPS) is 22.2. The van der Waals surface area contributed by atoms with Gasteiger partial charge in [-0.15, -0.1) is 0 Å². The Morgan fingerprint density at radius 3 is 2.75 bits per heavy atom. The number of H-pyrrole nitrogens is 1. The predicted molar refractivity (Wildman–Crippen MR) is 124 cm³/mol. The van der Waals surface area contributed by atoms with Gasteiger partial charge in [-0.05, 0) is 49.8 Å². The van der Waals surface area contributed by atoms with Crippen molar-refractivity contribution in [2.45, 2.75) is 51.3 Å². The molecule has 2 aliphatic rings. The molecule has 9 nitrogen and oxygen atoms in total. The van der Waals surface area contributed by atoms with Crippen molar-refractivity contribution in [1.29, 1.82) is 0 Å². The monoisotopic (exact) mass is 437 g/mol. The molecule has 1 aliphatic carbocycles. The number of aromatic nitrogens is 4. The molecule has 1 aliphatic heterocycles. The fraction of sp³-hybridized carbons (Fsp3) is 0.522. The van der Waals surface area contributed by atoms with Crippen LogP contribution in [0.1, 0.15) is 36.8 Å². The Hall–Kier alpha value is -2.75.